The molecule has 0 saturated carbocycles. The molecular formula is C11H21NO2. The third kappa shape index (κ3) is 3.29. The molecular weight excluding hydrogens is 178 g/mol. The van der Waals surface area contributed by atoms with Gasteiger partial charge in [-0.25, -0.2) is 0 Å². The number of aliphatic carboxylic acids is 1. The smallest absolute Gasteiger partial charge is 0.307 e. The fourth-order valence-corrected chi connectivity index (χ4v) is 2.11. The van der Waals surface area contributed by atoms with E-state index in [0.29, 0.717) is 5.92 Å². The van der Waals surface area contributed by atoms with Crippen LogP contribution in [-0.2, 0) is 4.79 Å². The summed E-state index contributed by atoms with van der Waals surface area (Å²) in [6.45, 7) is 9.24. The lowest BCUT2D eigenvalue weighted by atomic mass is 9.94. The van der Waals surface area contributed by atoms with Crippen molar-refractivity contribution in [1.82, 2.24) is 4.90 Å². The molecule has 82 valence electrons. The van der Waals surface area contributed by atoms with E-state index in [1.165, 1.54) is 0 Å². The van der Waals surface area contributed by atoms with Crippen LogP contribution in [0.2, 0.25) is 0 Å². The van der Waals surface area contributed by atoms with Crippen LogP contribution < -0.4 is 0 Å². The molecule has 1 unspecified atom stereocenters. The highest BCUT2D eigenvalue weighted by atomic mass is 16.4. The molecule has 1 atom stereocenters. The zero-order chi connectivity index (χ0) is 10.7. The van der Waals surface area contributed by atoms with Crippen LogP contribution >= 0.6 is 0 Å². The largest absolute Gasteiger partial charge is 0.481 e. The Morgan fingerprint density at radius 1 is 1.50 bits per heavy atom. The van der Waals surface area contributed by atoms with Crippen LogP contribution in [0.25, 0.3) is 0 Å². The lowest BCUT2D eigenvalue weighted by molar-refractivity contribution is -0.143. The SMILES string of the molecule is CC(C)CC(CN1CC(C)C1)C(=O)O. The Hall–Kier alpha value is -0.570. The van der Waals surface area contributed by atoms with Crippen molar-refractivity contribution in [2.45, 2.75) is 27.2 Å². The Labute approximate surface area is 86.1 Å². The summed E-state index contributed by atoms with van der Waals surface area (Å²) in [5, 5.41) is 9.03. The molecule has 3 heteroatoms. The summed E-state index contributed by atoms with van der Waals surface area (Å²) in [7, 11) is 0. The van der Waals surface area contributed by atoms with E-state index >= 15 is 0 Å². The molecule has 1 saturated heterocycles. The van der Waals surface area contributed by atoms with Crippen LogP contribution in [0.5, 0.6) is 0 Å². The molecule has 0 aromatic carbocycles. The van der Waals surface area contributed by atoms with E-state index in [1.807, 2.05) is 0 Å². The fraction of sp³-hybridized carbons (Fsp3) is 0.909. The van der Waals surface area contributed by atoms with Gasteiger partial charge < -0.3 is 10.0 Å². The van der Waals surface area contributed by atoms with Gasteiger partial charge in [-0.15, -0.1) is 0 Å². The minimum absolute atomic E-state index is 0.178. The predicted molar refractivity (Wildman–Crippen MR) is 56.2 cm³/mol. The van der Waals surface area contributed by atoms with E-state index < -0.39 is 5.97 Å². The van der Waals surface area contributed by atoms with Gasteiger partial charge >= 0.3 is 5.97 Å². The topological polar surface area (TPSA) is 40.5 Å². The molecule has 1 heterocycles. The van der Waals surface area contributed by atoms with E-state index in [-0.39, 0.29) is 5.92 Å². The summed E-state index contributed by atoms with van der Waals surface area (Å²) in [6.07, 6.45) is 0.792. The van der Waals surface area contributed by atoms with E-state index in [9.17, 15) is 4.79 Å². The molecule has 1 rings (SSSR count). The van der Waals surface area contributed by atoms with Crippen molar-refractivity contribution >= 4 is 5.97 Å². The van der Waals surface area contributed by atoms with E-state index in [2.05, 4.69) is 25.7 Å². The van der Waals surface area contributed by atoms with Gasteiger partial charge in [0.2, 0.25) is 0 Å². The molecule has 0 aliphatic carbocycles. The normalized spacial score (nSPS) is 20.9. The highest BCUT2D eigenvalue weighted by Gasteiger charge is 2.28. The molecule has 1 fully saturated rings. The summed E-state index contributed by atoms with van der Waals surface area (Å²) >= 11 is 0. The monoisotopic (exact) mass is 199 g/mol. The number of likely N-dealkylation sites (tertiary alicyclic amines) is 1. The number of rotatable bonds is 5. The molecule has 0 aromatic heterocycles. The quantitative estimate of drug-likeness (QED) is 0.732. The van der Waals surface area contributed by atoms with Gasteiger partial charge in [-0.1, -0.05) is 20.8 Å². The molecule has 1 aliphatic heterocycles. The number of carbonyl (C=O) groups is 1. The second-order valence-electron chi connectivity index (χ2n) is 4.99. The van der Waals surface area contributed by atoms with Gasteiger partial charge in [-0.2, -0.15) is 0 Å². The van der Waals surface area contributed by atoms with Gasteiger partial charge in [0.15, 0.2) is 0 Å². The molecule has 0 aromatic rings. The van der Waals surface area contributed by atoms with Crippen LogP contribution in [0.4, 0.5) is 0 Å². The van der Waals surface area contributed by atoms with Crippen molar-refractivity contribution in [3.8, 4) is 0 Å². The average Bonchev–Trinajstić information content (AvgIpc) is 1.99. The lowest BCUT2D eigenvalue weighted by Crippen LogP contribution is -2.48. The molecule has 0 amide bonds. The van der Waals surface area contributed by atoms with Crippen molar-refractivity contribution in [3.05, 3.63) is 0 Å². The van der Waals surface area contributed by atoms with Gasteiger partial charge in [0.05, 0.1) is 5.92 Å². The van der Waals surface area contributed by atoms with Crippen LogP contribution in [0.1, 0.15) is 27.2 Å². The van der Waals surface area contributed by atoms with E-state index in [1.54, 1.807) is 0 Å². The van der Waals surface area contributed by atoms with E-state index in [0.717, 1.165) is 32.0 Å². The van der Waals surface area contributed by atoms with Crippen molar-refractivity contribution in [2.75, 3.05) is 19.6 Å². The zero-order valence-electron chi connectivity index (χ0n) is 9.36. The Morgan fingerprint density at radius 2 is 2.07 bits per heavy atom. The first-order valence-corrected chi connectivity index (χ1v) is 5.44. The van der Waals surface area contributed by atoms with Crippen molar-refractivity contribution in [1.29, 1.82) is 0 Å². The third-order valence-corrected chi connectivity index (χ3v) is 2.72. The van der Waals surface area contributed by atoms with Crippen molar-refractivity contribution in [3.63, 3.8) is 0 Å². The first-order chi connectivity index (χ1) is 6.49. The summed E-state index contributed by atoms with van der Waals surface area (Å²) < 4.78 is 0. The standard InChI is InChI=1S/C11H21NO2/c1-8(2)4-10(11(13)14)7-12-5-9(3)6-12/h8-10H,4-7H2,1-3H3,(H,13,14). The molecule has 0 bridgehead atoms. The third-order valence-electron chi connectivity index (χ3n) is 2.72. The first kappa shape index (κ1) is 11.5. The van der Waals surface area contributed by atoms with Gasteiger partial charge in [0.1, 0.15) is 0 Å². The minimum Gasteiger partial charge on any atom is -0.481 e. The lowest BCUT2D eigenvalue weighted by Gasteiger charge is -2.38. The molecule has 1 aliphatic rings. The van der Waals surface area contributed by atoms with Crippen LogP contribution in [0.15, 0.2) is 0 Å². The van der Waals surface area contributed by atoms with Gasteiger partial charge in [0.25, 0.3) is 0 Å². The maximum absolute atomic E-state index is 11.0. The van der Waals surface area contributed by atoms with E-state index in [4.69, 9.17) is 5.11 Å². The van der Waals surface area contributed by atoms with Crippen LogP contribution in [0.3, 0.4) is 0 Å². The van der Waals surface area contributed by atoms with Gasteiger partial charge in [-0.3, -0.25) is 4.79 Å². The highest BCUT2D eigenvalue weighted by Crippen LogP contribution is 2.19. The van der Waals surface area contributed by atoms with Gasteiger partial charge in [-0.05, 0) is 18.3 Å². The molecule has 3 nitrogen and oxygen atoms in total. The number of nitrogens with zero attached hydrogens (tertiary/aromatic N) is 1. The summed E-state index contributed by atoms with van der Waals surface area (Å²) in [5.41, 5.74) is 0. The van der Waals surface area contributed by atoms with Crippen molar-refractivity contribution < 1.29 is 9.90 Å². The maximum Gasteiger partial charge on any atom is 0.307 e. The number of carboxylic acids is 1. The average molecular weight is 199 g/mol. The number of hydrogen-bond acceptors (Lipinski definition) is 2. The Morgan fingerprint density at radius 3 is 2.43 bits per heavy atom. The summed E-state index contributed by atoms with van der Waals surface area (Å²) in [5.74, 6) is 0.402. The summed E-state index contributed by atoms with van der Waals surface area (Å²) in [6, 6.07) is 0. The zero-order valence-corrected chi connectivity index (χ0v) is 9.36. The van der Waals surface area contributed by atoms with Crippen LogP contribution in [0, 0.1) is 17.8 Å². The second-order valence-corrected chi connectivity index (χ2v) is 4.99. The number of hydrogen-bond donors (Lipinski definition) is 1. The Bertz CT molecular complexity index is 197. The fourth-order valence-electron chi connectivity index (χ4n) is 2.11. The Balaban J connectivity index is 2.32. The predicted octanol–water partition coefficient (Wildman–Crippen LogP) is 1.69. The number of carboxylic acid groups (broad SMARTS) is 1. The van der Waals surface area contributed by atoms with Crippen LogP contribution in [-0.4, -0.2) is 35.6 Å². The Kier molecular flexibility index (Phi) is 3.93. The molecule has 1 N–H and O–H groups in total. The first-order valence-electron chi connectivity index (χ1n) is 5.44. The molecule has 0 radical (unpaired) electrons. The highest BCUT2D eigenvalue weighted by molar-refractivity contribution is 5.70. The maximum atomic E-state index is 11.0. The molecule has 0 spiro atoms. The van der Waals surface area contributed by atoms with Crippen molar-refractivity contribution in [2.24, 2.45) is 17.8 Å². The molecule has 14 heavy (non-hydrogen) atoms. The van der Waals surface area contributed by atoms with Gasteiger partial charge in [0, 0.05) is 19.6 Å². The second kappa shape index (κ2) is 4.78. The minimum atomic E-state index is -0.641. The summed E-state index contributed by atoms with van der Waals surface area (Å²) in [4.78, 5) is 13.2.